The van der Waals surface area contributed by atoms with Crippen LogP contribution in [0.3, 0.4) is 0 Å². The molecule has 0 aliphatic heterocycles. The molecule has 0 radical (unpaired) electrons. The Hall–Kier alpha value is -4.17. The average Bonchev–Trinajstić information content (AvgIpc) is 3.29. The first-order valence-corrected chi connectivity index (χ1v) is 12.7. The van der Waals surface area contributed by atoms with Gasteiger partial charge in [-0.2, -0.15) is 5.10 Å². The van der Waals surface area contributed by atoms with Crippen molar-refractivity contribution in [2.24, 2.45) is 0 Å². The number of benzene rings is 3. The van der Waals surface area contributed by atoms with E-state index in [1.54, 1.807) is 4.68 Å². The van der Waals surface area contributed by atoms with Crippen LogP contribution in [0.15, 0.2) is 72.8 Å². The Balaban J connectivity index is 1.57. The zero-order valence-corrected chi connectivity index (χ0v) is 22.2. The van der Waals surface area contributed by atoms with E-state index in [9.17, 15) is 14.0 Å². The summed E-state index contributed by atoms with van der Waals surface area (Å²) in [7, 11) is 0. The number of nitrogens with zero attached hydrogens (tertiary/aromatic N) is 3. The molecule has 1 heterocycles. The highest BCUT2D eigenvalue weighted by atomic mass is 35.5. The van der Waals surface area contributed by atoms with Crippen molar-refractivity contribution in [3.63, 3.8) is 0 Å². The maximum absolute atomic E-state index is 13.5. The summed E-state index contributed by atoms with van der Waals surface area (Å²) < 4.78 is 15.2. The van der Waals surface area contributed by atoms with Crippen molar-refractivity contribution < 1.29 is 14.0 Å². The van der Waals surface area contributed by atoms with Gasteiger partial charge in [-0.3, -0.25) is 4.79 Å². The zero-order valence-electron chi connectivity index (χ0n) is 21.5. The summed E-state index contributed by atoms with van der Waals surface area (Å²) in [6, 6.07) is 21.0. The molecule has 38 heavy (non-hydrogen) atoms. The van der Waals surface area contributed by atoms with Crippen molar-refractivity contribution in [1.29, 1.82) is 0 Å². The summed E-state index contributed by atoms with van der Waals surface area (Å²) in [5.74, 6) is -0.469. The molecule has 0 aliphatic rings. The summed E-state index contributed by atoms with van der Waals surface area (Å²) in [6.45, 7) is 6.08. The molecule has 0 saturated heterocycles. The molecule has 0 saturated carbocycles. The monoisotopic (exact) mass is 533 g/mol. The highest BCUT2D eigenvalue weighted by molar-refractivity contribution is 6.31. The second-order valence-corrected chi connectivity index (χ2v) is 9.42. The number of nitrogens with one attached hydrogen (secondary N) is 2. The number of aromatic nitrogens is 2. The van der Waals surface area contributed by atoms with Crippen molar-refractivity contribution in [3.05, 3.63) is 94.8 Å². The summed E-state index contributed by atoms with van der Waals surface area (Å²) in [4.78, 5) is 27.5. The smallest absolute Gasteiger partial charge is 0.315 e. The third-order valence-corrected chi connectivity index (χ3v) is 6.20. The summed E-state index contributed by atoms with van der Waals surface area (Å²) in [5.41, 5.74) is 4.92. The van der Waals surface area contributed by atoms with Gasteiger partial charge in [0.1, 0.15) is 18.2 Å². The number of rotatable bonds is 8. The van der Waals surface area contributed by atoms with Crippen molar-refractivity contribution in [1.82, 2.24) is 14.7 Å². The van der Waals surface area contributed by atoms with Crippen molar-refractivity contribution in [2.45, 2.75) is 27.2 Å². The Morgan fingerprint density at radius 2 is 1.76 bits per heavy atom. The molecule has 7 nitrogen and oxygen atoms in total. The number of urea groups is 1. The first kappa shape index (κ1) is 26.9. The molecular formula is C29H29ClFN5O2. The van der Waals surface area contributed by atoms with E-state index in [2.05, 4.69) is 16.7 Å². The average molecular weight is 534 g/mol. The maximum Gasteiger partial charge on any atom is 0.322 e. The minimum atomic E-state index is -0.579. The molecule has 0 spiro atoms. The molecule has 3 aromatic carbocycles. The molecule has 1 aromatic heterocycles. The third-order valence-electron chi connectivity index (χ3n) is 5.91. The molecule has 2 N–H and O–H groups in total. The lowest BCUT2D eigenvalue weighted by Crippen LogP contribution is -2.41. The number of aryl methyl sites for hydroxylation is 2. The molecule has 9 heteroatoms. The van der Waals surface area contributed by atoms with Gasteiger partial charge in [0, 0.05) is 23.9 Å². The molecular weight excluding hydrogens is 505 g/mol. The number of carbonyl (C=O) groups is 2. The lowest BCUT2D eigenvalue weighted by molar-refractivity contribution is -0.116. The Labute approximate surface area is 226 Å². The van der Waals surface area contributed by atoms with Crippen molar-refractivity contribution >= 4 is 35.0 Å². The van der Waals surface area contributed by atoms with Gasteiger partial charge in [0.25, 0.3) is 0 Å². The number of halogens is 2. The predicted octanol–water partition coefficient (Wildman–Crippen LogP) is 6.83. The number of hydrogen-bond donors (Lipinski definition) is 2. The number of carbonyl (C=O) groups excluding carboxylic acids is 2. The van der Waals surface area contributed by atoms with Gasteiger partial charge in [0.2, 0.25) is 5.91 Å². The minimum absolute atomic E-state index is 0.100. The van der Waals surface area contributed by atoms with Crippen LogP contribution in [0.5, 0.6) is 0 Å². The van der Waals surface area contributed by atoms with E-state index in [4.69, 9.17) is 16.7 Å². The number of hydrogen-bond acceptors (Lipinski definition) is 3. The van der Waals surface area contributed by atoms with Gasteiger partial charge in [0.15, 0.2) is 0 Å². The van der Waals surface area contributed by atoms with E-state index in [1.165, 1.54) is 23.1 Å². The van der Waals surface area contributed by atoms with E-state index >= 15 is 0 Å². The normalized spacial score (nSPS) is 10.8. The SMILES string of the molecule is CCCN(CC(=O)Nc1cc(-c2ccccc2)nn1-c1ccc(C)cc1C)C(=O)Nc1ccc(F)c(Cl)c1. The van der Waals surface area contributed by atoms with Gasteiger partial charge >= 0.3 is 6.03 Å². The highest BCUT2D eigenvalue weighted by Crippen LogP contribution is 2.27. The van der Waals surface area contributed by atoms with Crippen LogP contribution < -0.4 is 10.6 Å². The Bertz CT molecular complexity index is 1450. The molecule has 0 aliphatic carbocycles. The molecule has 4 aromatic rings. The van der Waals surface area contributed by atoms with E-state index in [-0.39, 0.29) is 17.5 Å². The summed E-state index contributed by atoms with van der Waals surface area (Å²) >= 11 is 5.83. The van der Waals surface area contributed by atoms with Crippen LogP contribution in [0.25, 0.3) is 16.9 Å². The molecule has 3 amide bonds. The van der Waals surface area contributed by atoms with Crippen molar-refractivity contribution in [3.8, 4) is 16.9 Å². The molecule has 0 fully saturated rings. The van der Waals surface area contributed by atoms with Gasteiger partial charge in [-0.15, -0.1) is 0 Å². The lowest BCUT2D eigenvalue weighted by atomic mass is 10.1. The molecule has 4 rings (SSSR count). The molecule has 196 valence electrons. The van der Waals surface area contributed by atoms with Gasteiger partial charge in [-0.1, -0.05) is 66.6 Å². The molecule has 0 unspecified atom stereocenters. The van der Waals surface area contributed by atoms with Gasteiger partial charge < -0.3 is 15.5 Å². The fourth-order valence-corrected chi connectivity index (χ4v) is 4.28. The quantitative estimate of drug-likeness (QED) is 0.260. The van der Waals surface area contributed by atoms with E-state index < -0.39 is 11.8 Å². The van der Waals surface area contributed by atoms with Crippen LogP contribution in [0, 0.1) is 19.7 Å². The van der Waals surface area contributed by atoms with Gasteiger partial charge in [-0.25, -0.2) is 13.9 Å². The van der Waals surface area contributed by atoms with Crippen LogP contribution in [0.2, 0.25) is 5.02 Å². The van der Waals surface area contributed by atoms with Crippen LogP contribution in [-0.2, 0) is 4.79 Å². The first-order chi connectivity index (χ1) is 18.2. The summed E-state index contributed by atoms with van der Waals surface area (Å²) in [6.07, 6.45) is 0.642. The fraction of sp³-hybridized carbons (Fsp3) is 0.207. The van der Waals surface area contributed by atoms with Crippen LogP contribution in [0.1, 0.15) is 24.5 Å². The molecule has 0 bridgehead atoms. The van der Waals surface area contributed by atoms with E-state index in [0.717, 1.165) is 22.4 Å². The highest BCUT2D eigenvalue weighted by Gasteiger charge is 2.20. The Kier molecular flexibility index (Phi) is 8.43. The number of anilines is 2. The second kappa shape index (κ2) is 11.9. The van der Waals surface area contributed by atoms with Gasteiger partial charge in [-0.05, 0) is 50.1 Å². The van der Waals surface area contributed by atoms with Crippen LogP contribution >= 0.6 is 11.6 Å². The zero-order chi connectivity index (χ0) is 27.2. The lowest BCUT2D eigenvalue weighted by Gasteiger charge is -2.22. The molecule has 0 atom stereocenters. The van der Waals surface area contributed by atoms with Crippen LogP contribution in [0.4, 0.5) is 20.7 Å². The van der Waals surface area contributed by atoms with Gasteiger partial charge in [0.05, 0.1) is 16.4 Å². The third kappa shape index (κ3) is 6.39. The van der Waals surface area contributed by atoms with Crippen molar-refractivity contribution in [2.75, 3.05) is 23.7 Å². The standard InChI is InChI=1S/C29H29ClFN5O2/c1-4-14-35(29(38)32-22-11-12-24(31)23(30)16-22)18-28(37)33-27-17-25(21-8-6-5-7-9-21)34-36(27)26-13-10-19(2)15-20(26)3/h5-13,15-17H,4,14,18H2,1-3H3,(H,32,38)(H,33,37). The topological polar surface area (TPSA) is 79.3 Å². The Morgan fingerprint density at radius 1 is 1.00 bits per heavy atom. The fourth-order valence-electron chi connectivity index (χ4n) is 4.10. The Morgan fingerprint density at radius 3 is 2.45 bits per heavy atom. The van der Waals surface area contributed by atoms with E-state index in [1.807, 2.05) is 69.3 Å². The first-order valence-electron chi connectivity index (χ1n) is 12.3. The maximum atomic E-state index is 13.5. The largest absolute Gasteiger partial charge is 0.322 e. The predicted molar refractivity (Wildman–Crippen MR) is 149 cm³/mol. The second-order valence-electron chi connectivity index (χ2n) is 9.01. The number of amides is 3. The minimum Gasteiger partial charge on any atom is -0.315 e. The van der Waals surface area contributed by atoms with E-state index in [0.29, 0.717) is 30.2 Å². The van der Waals surface area contributed by atoms with Crippen LogP contribution in [-0.4, -0.2) is 39.7 Å². The summed E-state index contributed by atoms with van der Waals surface area (Å²) in [5, 5.41) is 10.3.